The van der Waals surface area contributed by atoms with Crippen molar-refractivity contribution in [1.82, 2.24) is 5.32 Å². The molecule has 0 aliphatic heterocycles. The van der Waals surface area contributed by atoms with E-state index in [-0.39, 0.29) is 0 Å². The zero-order valence-electron chi connectivity index (χ0n) is 10.4. The normalized spacial score (nSPS) is 9.65. The highest BCUT2D eigenvalue weighted by Gasteiger charge is 2.07. The highest BCUT2D eigenvalue weighted by atomic mass is 35.5. The number of amides is 4. The van der Waals surface area contributed by atoms with E-state index in [0.717, 1.165) is 0 Å². The predicted octanol–water partition coefficient (Wildman–Crippen LogP) is 3.69. The molecule has 0 atom stereocenters. The summed E-state index contributed by atoms with van der Waals surface area (Å²) in [6.45, 7) is 0. The monoisotopic (exact) mass is 289 g/mol. The molecule has 2 aromatic rings. The van der Waals surface area contributed by atoms with Gasteiger partial charge in [0, 0.05) is 16.4 Å². The summed E-state index contributed by atoms with van der Waals surface area (Å²) in [5.74, 6) is 0. The Hall–Kier alpha value is -2.53. The summed E-state index contributed by atoms with van der Waals surface area (Å²) < 4.78 is 0. The van der Waals surface area contributed by atoms with Crippen LogP contribution in [0.25, 0.3) is 0 Å². The first-order valence-corrected chi connectivity index (χ1v) is 6.21. The van der Waals surface area contributed by atoms with E-state index in [1.165, 1.54) is 0 Å². The van der Waals surface area contributed by atoms with E-state index in [1.54, 1.807) is 48.5 Å². The fraction of sp³-hybridized carbons (Fsp3) is 0. The summed E-state index contributed by atoms with van der Waals surface area (Å²) in [6, 6.07) is 14.1. The van der Waals surface area contributed by atoms with Crippen LogP contribution in [0.5, 0.6) is 0 Å². The number of hydrogen-bond donors (Lipinski definition) is 3. The lowest BCUT2D eigenvalue weighted by Gasteiger charge is -2.08. The van der Waals surface area contributed by atoms with Gasteiger partial charge < -0.3 is 10.6 Å². The van der Waals surface area contributed by atoms with Gasteiger partial charge in [-0.2, -0.15) is 0 Å². The van der Waals surface area contributed by atoms with Crippen molar-refractivity contribution >= 4 is 35.0 Å². The fourth-order valence-corrected chi connectivity index (χ4v) is 1.61. The number of rotatable bonds is 2. The van der Waals surface area contributed by atoms with Crippen LogP contribution >= 0.6 is 11.6 Å². The molecule has 102 valence electrons. The maximum atomic E-state index is 11.6. The standard InChI is InChI=1S/C14H12ClN3O2/c15-10-6-8-12(9-7-10)17-14(20)18-13(19)16-11-4-2-1-3-5-11/h1-9H,(H3,16,17,18,19,20). The van der Waals surface area contributed by atoms with Crippen molar-refractivity contribution in [3.05, 3.63) is 59.6 Å². The van der Waals surface area contributed by atoms with Crippen molar-refractivity contribution in [3.63, 3.8) is 0 Å². The summed E-state index contributed by atoms with van der Waals surface area (Å²) in [5.41, 5.74) is 1.14. The van der Waals surface area contributed by atoms with E-state index in [9.17, 15) is 9.59 Å². The number of imide groups is 1. The lowest BCUT2D eigenvalue weighted by molar-refractivity contribution is 0.240. The van der Waals surface area contributed by atoms with E-state index in [2.05, 4.69) is 16.0 Å². The minimum absolute atomic E-state index is 0.541. The number of carbonyl (C=O) groups is 2. The van der Waals surface area contributed by atoms with E-state index < -0.39 is 12.1 Å². The first-order chi connectivity index (χ1) is 9.63. The van der Waals surface area contributed by atoms with Crippen LogP contribution in [0.2, 0.25) is 5.02 Å². The number of benzene rings is 2. The van der Waals surface area contributed by atoms with Crippen LogP contribution < -0.4 is 16.0 Å². The minimum Gasteiger partial charge on any atom is -0.308 e. The van der Waals surface area contributed by atoms with Crippen LogP contribution in [0, 0.1) is 0 Å². The van der Waals surface area contributed by atoms with E-state index in [0.29, 0.717) is 16.4 Å². The Kier molecular flexibility index (Phi) is 4.57. The molecule has 6 heteroatoms. The van der Waals surface area contributed by atoms with E-state index >= 15 is 0 Å². The minimum atomic E-state index is -0.624. The highest BCUT2D eigenvalue weighted by molar-refractivity contribution is 6.30. The molecule has 2 aromatic carbocycles. The molecule has 0 saturated heterocycles. The number of carbonyl (C=O) groups excluding carboxylic acids is 2. The molecule has 5 nitrogen and oxygen atoms in total. The van der Waals surface area contributed by atoms with Crippen molar-refractivity contribution < 1.29 is 9.59 Å². The van der Waals surface area contributed by atoms with Crippen molar-refractivity contribution in [1.29, 1.82) is 0 Å². The summed E-state index contributed by atoms with van der Waals surface area (Å²) in [6.07, 6.45) is 0. The summed E-state index contributed by atoms with van der Waals surface area (Å²) in [4.78, 5) is 23.1. The number of hydrogen-bond acceptors (Lipinski definition) is 2. The van der Waals surface area contributed by atoms with Crippen LogP contribution in [-0.2, 0) is 0 Å². The third-order valence-corrected chi connectivity index (χ3v) is 2.61. The molecule has 4 amide bonds. The molecule has 0 unspecified atom stereocenters. The Balaban J connectivity index is 1.85. The molecule has 0 radical (unpaired) electrons. The average molecular weight is 290 g/mol. The van der Waals surface area contributed by atoms with Crippen LogP contribution in [-0.4, -0.2) is 12.1 Å². The number of para-hydroxylation sites is 1. The fourth-order valence-electron chi connectivity index (χ4n) is 1.48. The van der Waals surface area contributed by atoms with Crippen molar-refractivity contribution in [3.8, 4) is 0 Å². The second-order valence-corrected chi connectivity index (χ2v) is 4.34. The van der Waals surface area contributed by atoms with E-state index in [4.69, 9.17) is 11.6 Å². The van der Waals surface area contributed by atoms with Gasteiger partial charge in [0.1, 0.15) is 0 Å². The van der Waals surface area contributed by atoms with Crippen molar-refractivity contribution in [2.24, 2.45) is 0 Å². The third-order valence-electron chi connectivity index (χ3n) is 2.36. The lowest BCUT2D eigenvalue weighted by atomic mass is 10.3. The predicted molar refractivity (Wildman–Crippen MR) is 79.1 cm³/mol. The van der Waals surface area contributed by atoms with Gasteiger partial charge in [0.25, 0.3) is 0 Å². The number of anilines is 2. The van der Waals surface area contributed by atoms with Gasteiger partial charge in [-0.1, -0.05) is 29.8 Å². The van der Waals surface area contributed by atoms with Gasteiger partial charge in [0.05, 0.1) is 0 Å². The molecule has 20 heavy (non-hydrogen) atoms. The average Bonchev–Trinajstić information content (AvgIpc) is 2.42. The van der Waals surface area contributed by atoms with Gasteiger partial charge in [-0.15, -0.1) is 0 Å². The molecule has 0 aliphatic carbocycles. The van der Waals surface area contributed by atoms with Gasteiger partial charge in [-0.25, -0.2) is 9.59 Å². The van der Waals surface area contributed by atoms with Crippen LogP contribution in [0.1, 0.15) is 0 Å². The zero-order chi connectivity index (χ0) is 14.4. The van der Waals surface area contributed by atoms with Crippen molar-refractivity contribution in [2.45, 2.75) is 0 Å². The molecular weight excluding hydrogens is 278 g/mol. The molecule has 0 saturated carbocycles. The Morgan fingerprint density at radius 1 is 0.750 bits per heavy atom. The Morgan fingerprint density at radius 2 is 1.25 bits per heavy atom. The third kappa shape index (κ3) is 4.29. The molecule has 0 aromatic heterocycles. The van der Waals surface area contributed by atoms with Gasteiger partial charge >= 0.3 is 12.1 Å². The first kappa shape index (κ1) is 13.9. The molecule has 0 spiro atoms. The Morgan fingerprint density at radius 3 is 1.80 bits per heavy atom. The SMILES string of the molecule is O=C(NC(=O)Nc1ccc(Cl)cc1)Nc1ccccc1. The van der Waals surface area contributed by atoms with Crippen LogP contribution in [0.15, 0.2) is 54.6 Å². The second kappa shape index (κ2) is 6.58. The quantitative estimate of drug-likeness (QED) is 0.789. The Bertz CT molecular complexity index is 600. The topological polar surface area (TPSA) is 70.2 Å². The van der Waals surface area contributed by atoms with Crippen LogP contribution in [0.3, 0.4) is 0 Å². The molecular formula is C14H12ClN3O2. The second-order valence-electron chi connectivity index (χ2n) is 3.91. The maximum Gasteiger partial charge on any atom is 0.327 e. The number of halogens is 1. The van der Waals surface area contributed by atoms with Gasteiger partial charge in [-0.3, -0.25) is 5.32 Å². The molecule has 0 aliphatic rings. The van der Waals surface area contributed by atoms with Gasteiger partial charge in [-0.05, 0) is 36.4 Å². The molecule has 0 bridgehead atoms. The molecule has 3 N–H and O–H groups in total. The zero-order valence-corrected chi connectivity index (χ0v) is 11.1. The number of nitrogens with one attached hydrogen (secondary N) is 3. The highest BCUT2D eigenvalue weighted by Crippen LogP contribution is 2.13. The summed E-state index contributed by atoms with van der Waals surface area (Å²) in [7, 11) is 0. The largest absolute Gasteiger partial charge is 0.327 e. The lowest BCUT2D eigenvalue weighted by Crippen LogP contribution is -2.37. The van der Waals surface area contributed by atoms with Gasteiger partial charge in [0.15, 0.2) is 0 Å². The number of urea groups is 2. The maximum absolute atomic E-state index is 11.6. The molecule has 2 rings (SSSR count). The summed E-state index contributed by atoms with van der Waals surface area (Å²) in [5, 5.41) is 7.78. The van der Waals surface area contributed by atoms with Gasteiger partial charge in [0.2, 0.25) is 0 Å². The van der Waals surface area contributed by atoms with Crippen molar-refractivity contribution in [2.75, 3.05) is 10.6 Å². The van der Waals surface area contributed by atoms with Crippen LogP contribution in [0.4, 0.5) is 21.0 Å². The summed E-state index contributed by atoms with van der Waals surface area (Å²) >= 11 is 5.73. The molecule has 0 fully saturated rings. The van der Waals surface area contributed by atoms with E-state index in [1.807, 2.05) is 6.07 Å². The Labute approximate surface area is 120 Å². The molecule has 0 heterocycles. The first-order valence-electron chi connectivity index (χ1n) is 5.83. The smallest absolute Gasteiger partial charge is 0.308 e.